The van der Waals surface area contributed by atoms with Crippen LogP contribution >= 0.6 is 11.6 Å². The first-order valence-corrected chi connectivity index (χ1v) is 3.55. The Kier molecular flexibility index (Phi) is 2.15. The van der Waals surface area contributed by atoms with Gasteiger partial charge in [-0.05, 0) is 12.3 Å². The van der Waals surface area contributed by atoms with E-state index < -0.39 is 0 Å². The highest BCUT2D eigenvalue weighted by Crippen LogP contribution is 2.20. The van der Waals surface area contributed by atoms with Crippen molar-refractivity contribution in [2.75, 3.05) is 12.5 Å². The number of halogens is 1. The molecule has 0 saturated carbocycles. The van der Waals surface area contributed by atoms with Crippen molar-refractivity contribution < 1.29 is 4.74 Å². The smallest absolute Gasteiger partial charge is 0.0633 e. The summed E-state index contributed by atoms with van der Waals surface area (Å²) in [5, 5.41) is 0. The van der Waals surface area contributed by atoms with Gasteiger partial charge in [-0.3, -0.25) is 0 Å². The standard InChI is InChI=1S/C6H11ClO/c1-5(4-7)6-2-3-8-6/h5-6H,2-4H2,1H3. The number of hydrogen-bond donors (Lipinski definition) is 0. The zero-order valence-corrected chi connectivity index (χ0v) is 5.82. The molecule has 1 saturated heterocycles. The van der Waals surface area contributed by atoms with E-state index in [9.17, 15) is 0 Å². The van der Waals surface area contributed by atoms with E-state index in [1.807, 2.05) is 0 Å². The van der Waals surface area contributed by atoms with Crippen LogP contribution in [0.15, 0.2) is 0 Å². The molecule has 8 heavy (non-hydrogen) atoms. The fourth-order valence-electron chi connectivity index (χ4n) is 0.802. The molecule has 2 atom stereocenters. The lowest BCUT2D eigenvalue weighted by atomic mass is 10.0. The van der Waals surface area contributed by atoms with Crippen molar-refractivity contribution in [1.29, 1.82) is 0 Å². The highest BCUT2D eigenvalue weighted by atomic mass is 35.5. The molecule has 0 amide bonds. The van der Waals surface area contributed by atoms with Crippen LogP contribution in [0.1, 0.15) is 13.3 Å². The average Bonchev–Trinajstić information content (AvgIpc) is 1.62. The van der Waals surface area contributed by atoms with Crippen LogP contribution in [0, 0.1) is 5.92 Å². The molecule has 1 aliphatic rings. The SMILES string of the molecule is CC(CCl)C1CCO1. The monoisotopic (exact) mass is 134 g/mol. The topological polar surface area (TPSA) is 9.23 Å². The first-order chi connectivity index (χ1) is 3.84. The summed E-state index contributed by atoms with van der Waals surface area (Å²) in [5.74, 6) is 1.27. The number of ether oxygens (including phenoxy) is 1. The zero-order chi connectivity index (χ0) is 5.98. The minimum atomic E-state index is 0.465. The summed E-state index contributed by atoms with van der Waals surface area (Å²) >= 11 is 5.58. The molecule has 1 nitrogen and oxygen atoms in total. The van der Waals surface area contributed by atoms with Gasteiger partial charge < -0.3 is 4.74 Å². The molecule has 0 radical (unpaired) electrons. The molecular weight excluding hydrogens is 124 g/mol. The van der Waals surface area contributed by atoms with E-state index in [0.717, 1.165) is 12.5 Å². The van der Waals surface area contributed by atoms with E-state index in [4.69, 9.17) is 16.3 Å². The molecule has 1 rings (SSSR count). The maximum atomic E-state index is 5.58. The predicted molar refractivity (Wildman–Crippen MR) is 34.2 cm³/mol. The Morgan fingerprint density at radius 1 is 1.88 bits per heavy atom. The normalized spacial score (nSPS) is 31.5. The third-order valence-corrected chi connectivity index (χ3v) is 2.10. The highest BCUT2D eigenvalue weighted by molar-refractivity contribution is 6.18. The Morgan fingerprint density at radius 2 is 2.50 bits per heavy atom. The van der Waals surface area contributed by atoms with Gasteiger partial charge in [0.15, 0.2) is 0 Å². The van der Waals surface area contributed by atoms with Gasteiger partial charge in [0, 0.05) is 12.5 Å². The molecule has 0 spiro atoms. The molecule has 0 aromatic heterocycles. The van der Waals surface area contributed by atoms with Crippen LogP contribution in [0.3, 0.4) is 0 Å². The summed E-state index contributed by atoms with van der Waals surface area (Å²) in [7, 11) is 0. The minimum Gasteiger partial charge on any atom is -0.378 e. The fraction of sp³-hybridized carbons (Fsp3) is 1.00. The van der Waals surface area contributed by atoms with Gasteiger partial charge in [-0.2, -0.15) is 0 Å². The molecule has 1 fully saturated rings. The Morgan fingerprint density at radius 3 is 2.62 bits per heavy atom. The lowest BCUT2D eigenvalue weighted by Gasteiger charge is -2.30. The van der Waals surface area contributed by atoms with Gasteiger partial charge in [-0.15, -0.1) is 11.6 Å². The molecule has 0 aromatic carbocycles. The summed E-state index contributed by atoms with van der Waals surface area (Å²) in [6.07, 6.45) is 1.67. The van der Waals surface area contributed by atoms with Crippen LogP contribution < -0.4 is 0 Å². The van der Waals surface area contributed by atoms with Crippen molar-refractivity contribution in [3.8, 4) is 0 Å². The van der Waals surface area contributed by atoms with Crippen LogP contribution in [0.5, 0.6) is 0 Å². The summed E-state index contributed by atoms with van der Waals surface area (Å²) in [6, 6.07) is 0. The van der Waals surface area contributed by atoms with Crippen molar-refractivity contribution in [2.45, 2.75) is 19.4 Å². The van der Waals surface area contributed by atoms with Crippen LogP contribution in [-0.2, 0) is 4.74 Å². The van der Waals surface area contributed by atoms with Crippen molar-refractivity contribution in [3.63, 3.8) is 0 Å². The summed E-state index contributed by atoms with van der Waals surface area (Å²) in [6.45, 7) is 3.06. The van der Waals surface area contributed by atoms with Crippen LogP contribution in [0.4, 0.5) is 0 Å². The number of hydrogen-bond acceptors (Lipinski definition) is 1. The van der Waals surface area contributed by atoms with E-state index in [1.54, 1.807) is 0 Å². The first-order valence-electron chi connectivity index (χ1n) is 3.02. The molecule has 2 heteroatoms. The molecule has 1 heterocycles. The molecule has 2 unspecified atom stereocenters. The fourth-order valence-corrected chi connectivity index (χ4v) is 1.00. The van der Waals surface area contributed by atoms with Gasteiger partial charge in [-0.25, -0.2) is 0 Å². The first kappa shape index (κ1) is 6.37. The van der Waals surface area contributed by atoms with E-state index in [1.165, 1.54) is 6.42 Å². The second-order valence-electron chi connectivity index (χ2n) is 2.33. The largest absolute Gasteiger partial charge is 0.378 e. The van der Waals surface area contributed by atoms with Crippen molar-refractivity contribution in [1.82, 2.24) is 0 Å². The minimum absolute atomic E-state index is 0.465. The maximum absolute atomic E-state index is 5.58. The second kappa shape index (κ2) is 2.70. The van der Waals surface area contributed by atoms with E-state index >= 15 is 0 Å². The zero-order valence-electron chi connectivity index (χ0n) is 5.06. The Balaban J connectivity index is 2.13. The van der Waals surface area contributed by atoms with Crippen LogP contribution in [-0.4, -0.2) is 18.6 Å². The quantitative estimate of drug-likeness (QED) is 0.522. The third kappa shape index (κ3) is 1.15. The van der Waals surface area contributed by atoms with Crippen molar-refractivity contribution in [2.24, 2.45) is 5.92 Å². The van der Waals surface area contributed by atoms with Gasteiger partial charge in [0.1, 0.15) is 0 Å². The van der Waals surface area contributed by atoms with Crippen molar-refractivity contribution in [3.05, 3.63) is 0 Å². The van der Waals surface area contributed by atoms with Crippen LogP contribution in [0.2, 0.25) is 0 Å². The molecule has 0 aliphatic carbocycles. The molecule has 1 aliphatic heterocycles. The van der Waals surface area contributed by atoms with Gasteiger partial charge >= 0.3 is 0 Å². The van der Waals surface area contributed by atoms with Crippen molar-refractivity contribution >= 4 is 11.6 Å². The lowest BCUT2D eigenvalue weighted by molar-refractivity contribution is -0.0755. The van der Waals surface area contributed by atoms with E-state index in [0.29, 0.717) is 12.0 Å². The Hall–Kier alpha value is 0.250. The third-order valence-electron chi connectivity index (χ3n) is 1.61. The molecule has 0 aromatic rings. The molecule has 0 N–H and O–H groups in total. The highest BCUT2D eigenvalue weighted by Gasteiger charge is 2.23. The van der Waals surface area contributed by atoms with E-state index in [2.05, 4.69) is 6.92 Å². The summed E-state index contributed by atoms with van der Waals surface area (Å²) in [5.41, 5.74) is 0. The number of alkyl halides is 1. The second-order valence-corrected chi connectivity index (χ2v) is 2.64. The number of rotatable bonds is 2. The van der Waals surface area contributed by atoms with Gasteiger partial charge in [0.25, 0.3) is 0 Å². The van der Waals surface area contributed by atoms with Gasteiger partial charge in [-0.1, -0.05) is 6.92 Å². The van der Waals surface area contributed by atoms with Gasteiger partial charge in [0.2, 0.25) is 0 Å². The summed E-state index contributed by atoms with van der Waals surface area (Å²) < 4.78 is 5.20. The molecule has 0 bridgehead atoms. The lowest BCUT2D eigenvalue weighted by Crippen LogP contribution is -2.33. The molecule has 48 valence electrons. The average molecular weight is 135 g/mol. The maximum Gasteiger partial charge on any atom is 0.0633 e. The van der Waals surface area contributed by atoms with Crippen LogP contribution in [0.25, 0.3) is 0 Å². The predicted octanol–water partition coefficient (Wildman–Crippen LogP) is 1.65. The molecular formula is C6H11ClO. The summed E-state index contributed by atoms with van der Waals surface area (Å²) in [4.78, 5) is 0. The van der Waals surface area contributed by atoms with E-state index in [-0.39, 0.29) is 0 Å². The Labute approximate surface area is 55.0 Å². The Bertz CT molecular complexity index is 68.2. The van der Waals surface area contributed by atoms with Gasteiger partial charge in [0.05, 0.1) is 6.10 Å².